The Labute approximate surface area is 154 Å². The van der Waals surface area contributed by atoms with Gasteiger partial charge in [-0.1, -0.05) is 0 Å². The molecular formula is C16H16N2O8S. The molecule has 0 fully saturated rings. The topological polar surface area (TPSA) is 147 Å². The number of carbonyl (C=O) groups is 2. The Morgan fingerprint density at radius 3 is 2.52 bits per heavy atom. The first-order valence-corrected chi connectivity index (χ1v) is 9.33. The van der Waals surface area contributed by atoms with E-state index in [4.69, 9.17) is 23.8 Å². The summed E-state index contributed by atoms with van der Waals surface area (Å²) >= 11 is 0. The molecule has 0 radical (unpaired) electrons. The van der Waals surface area contributed by atoms with Gasteiger partial charge in [-0.15, -0.1) is 0 Å². The fourth-order valence-electron chi connectivity index (χ4n) is 2.22. The third-order valence-electron chi connectivity index (χ3n) is 3.53. The van der Waals surface area contributed by atoms with E-state index in [1.165, 1.54) is 6.92 Å². The van der Waals surface area contributed by atoms with Gasteiger partial charge in [0, 0.05) is 11.8 Å². The van der Waals surface area contributed by atoms with E-state index in [0.717, 1.165) is 12.1 Å². The van der Waals surface area contributed by atoms with Gasteiger partial charge in [0.25, 0.3) is 15.9 Å². The largest absolute Gasteiger partial charge is 0.486 e. The van der Waals surface area contributed by atoms with Gasteiger partial charge >= 0.3 is 5.97 Å². The van der Waals surface area contributed by atoms with E-state index in [-0.39, 0.29) is 0 Å². The number of hydrogen-bond donors (Lipinski definition) is 2. The number of ether oxygens (including phenoxy) is 3. The van der Waals surface area contributed by atoms with Crippen LogP contribution < -0.4 is 19.9 Å². The summed E-state index contributed by atoms with van der Waals surface area (Å²) in [6.07, 6.45) is -1.17. The summed E-state index contributed by atoms with van der Waals surface area (Å²) < 4.78 is 42.9. The highest BCUT2D eigenvalue weighted by Gasteiger charge is 2.23. The first-order valence-electron chi connectivity index (χ1n) is 7.78. The molecule has 144 valence electrons. The van der Waals surface area contributed by atoms with Crippen molar-refractivity contribution in [3.05, 3.63) is 36.1 Å². The number of rotatable bonds is 5. The van der Waals surface area contributed by atoms with Crippen molar-refractivity contribution in [1.29, 1.82) is 0 Å². The zero-order valence-corrected chi connectivity index (χ0v) is 14.9. The Balaban J connectivity index is 1.62. The van der Waals surface area contributed by atoms with Crippen molar-refractivity contribution in [2.75, 3.05) is 18.5 Å². The highest BCUT2D eigenvalue weighted by atomic mass is 32.2. The molecule has 1 aromatic carbocycles. The zero-order valence-electron chi connectivity index (χ0n) is 14.1. The third kappa shape index (κ3) is 4.38. The first-order chi connectivity index (χ1) is 12.7. The fourth-order valence-corrected chi connectivity index (χ4v) is 2.68. The molecule has 1 unspecified atom stereocenters. The molecule has 0 bridgehead atoms. The Hall–Kier alpha value is -3.05. The molecule has 3 N–H and O–H groups in total. The molecule has 3 rings (SSSR count). The van der Waals surface area contributed by atoms with E-state index < -0.39 is 38.9 Å². The lowest BCUT2D eigenvalue weighted by Crippen LogP contribution is -2.30. The van der Waals surface area contributed by atoms with Crippen molar-refractivity contribution >= 4 is 27.6 Å². The summed E-state index contributed by atoms with van der Waals surface area (Å²) in [5, 5.41) is 6.90. The highest BCUT2D eigenvalue weighted by Crippen LogP contribution is 2.32. The number of fused-ring (bicyclic) bond motifs is 1. The van der Waals surface area contributed by atoms with E-state index in [2.05, 4.69) is 5.32 Å². The highest BCUT2D eigenvalue weighted by molar-refractivity contribution is 7.89. The molecule has 1 aromatic heterocycles. The molecule has 0 spiro atoms. The SMILES string of the molecule is CC(OC(=O)c1ccc(S(N)(=O)=O)o1)C(=O)Nc1ccc2c(c1)OCCO2. The van der Waals surface area contributed by atoms with Crippen molar-refractivity contribution in [2.24, 2.45) is 5.14 Å². The number of primary sulfonamides is 1. The van der Waals surface area contributed by atoms with Gasteiger partial charge < -0.3 is 23.9 Å². The van der Waals surface area contributed by atoms with Crippen molar-refractivity contribution in [3.8, 4) is 11.5 Å². The van der Waals surface area contributed by atoms with Crippen LogP contribution >= 0.6 is 0 Å². The van der Waals surface area contributed by atoms with Crippen molar-refractivity contribution in [1.82, 2.24) is 0 Å². The van der Waals surface area contributed by atoms with Gasteiger partial charge in [-0.25, -0.2) is 18.4 Å². The molecule has 2 aromatic rings. The maximum Gasteiger partial charge on any atom is 0.375 e. The predicted molar refractivity (Wildman–Crippen MR) is 91.0 cm³/mol. The van der Waals surface area contributed by atoms with E-state index in [9.17, 15) is 18.0 Å². The van der Waals surface area contributed by atoms with Crippen LogP contribution in [0.15, 0.2) is 39.8 Å². The summed E-state index contributed by atoms with van der Waals surface area (Å²) in [6.45, 7) is 2.21. The van der Waals surface area contributed by atoms with E-state index in [1.807, 2.05) is 0 Å². The van der Waals surface area contributed by atoms with Crippen molar-refractivity contribution in [2.45, 2.75) is 18.1 Å². The lowest BCUT2D eigenvalue weighted by Gasteiger charge is -2.19. The van der Waals surface area contributed by atoms with Gasteiger partial charge in [0.05, 0.1) is 0 Å². The average Bonchev–Trinajstić information content (AvgIpc) is 3.12. The molecule has 0 saturated heterocycles. The second kappa shape index (κ2) is 7.29. The van der Waals surface area contributed by atoms with Crippen molar-refractivity contribution in [3.63, 3.8) is 0 Å². The van der Waals surface area contributed by atoms with Crippen LogP contribution in [0.3, 0.4) is 0 Å². The second-order valence-electron chi connectivity index (χ2n) is 5.56. The number of nitrogens with one attached hydrogen (secondary N) is 1. The van der Waals surface area contributed by atoms with Crippen molar-refractivity contribution < 1.29 is 36.6 Å². The number of carbonyl (C=O) groups excluding carboxylic acids is 2. The van der Waals surface area contributed by atoms with Crippen LogP contribution in [0.25, 0.3) is 0 Å². The monoisotopic (exact) mass is 396 g/mol. The Kier molecular flexibility index (Phi) is 5.06. The van der Waals surface area contributed by atoms with Gasteiger partial charge in [-0.2, -0.15) is 0 Å². The molecule has 27 heavy (non-hydrogen) atoms. The van der Waals surface area contributed by atoms with Gasteiger partial charge in [0.2, 0.25) is 10.9 Å². The minimum absolute atomic E-state index is 0.391. The minimum atomic E-state index is -4.08. The number of furan rings is 1. The molecule has 1 atom stereocenters. The maximum absolute atomic E-state index is 12.2. The molecule has 1 aliphatic heterocycles. The third-order valence-corrected chi connectivity index (χ3v) is 4.31. The molecule has 0 saturated carbocycles. The number of benzene rings is 1. The maximum atomic E-state index is 12.2. The summed E-state index contributed by atoms with van der Waals surface area (Å²) in [5.74, 6) is -0.928. The second-order valence-corrected chi connectivity index (χ2v) is 7.05. The number of sulfonamides is 1. The van der Waals surface area contributed by atoms with Gasteiger partial charge in [0.1, 0.15) is 13.2 Å². The van der Waals surface area contributed by atoms with E-state index in [1.54, 1.807) is 18.2 Å². The van der Waals surface area contributed by atoms with Gasteiger partial charge in [-0.3, -0.25) is 4.79 Å². The van der Waals surface area contributed by atoms with Crippen LogP contribution in [-0.4, -0.2) is 39.6 Å². The van der Waals surface area contributed by atoms with Crippen LogP contribution in [-0.2, 0) is 19.6 Å². The smallest absolute Gasteiger partial charge is 0.375 e. The Bertz CT molecular complexity index is 982. The Morgan fingerprint density at radius 2 is 1.85 bits per heavy atom. The summed E-state index contributed by atoms with van der Waals surface area (Å²) in [6, 6.07) is 6.97. The van der Waals surface area contributed by atoms with Crippen LogP contribution in [0.4, 0.5) is 5.69 Å². The number of amides is 1. The van der Waals surface area contributed by atoms with E-state index in [0.29, 0.717) is 30.4 Å². The lowest BCUT2D eigenvalue weighted by atomic mass is 10.2. The Morgan fingerprint density at radius 1 is 1.15 bits per heavy atom. The molecule has 2 heterocycles. The molecule has 1 aliphatic rings. The molecule has 1 amide bonds. The average molecular weight is 396 g/mol. The standard InChI is InChI=1S/C16H16N2O8S/c1-9(25-16(20)12-4-5-14(26-12)27(17,21)22)15(19)18-10-2-3-11-13(8-10)24-7-6-23-11/h2-5,8-9H,6-7H2,1H3,(H,18,19)(H2,17,21,22). The fraction of sp³-hybridized carbons (Fsp3) is 0.250. The van der Waals surface area contributed by atoms with Crippen LogP contribution in [0, 0.1) is 0 Å². The number of anilines is 1. The van der Waals surface area contributed by atoms with Crippen LogP contribution in [0.1, 0.15) is 17.5 Å². The quantitative estimate of drug-likeness (QED) is 0.708. The molecular weight excluding hydrogens is 380 g/mol. The summed E-state index contributed by atoms with van der Waals surface area (Å²) in [5.41, 5.74) is 0.432. The molecule has 11 heteroatoms. The lowest BCUT2D eigenvalue weighted by molar-refractivity contribution is -0.123. The molecule has 0 aliphatic carbocycles. The normalized spacial score (nSPS) is 14.3. The molecule has 10 nitrogen and oxygen atoms in total. The number of hydrogen-bond acceptors (Lipinski definition) is 8. The zero-order chi connectivity index (χ0) is 19.6. The summed E-state index contributed by atoms with van der Waals surface area (Å²) in [4.78, 5) is 24.2. The minimum Gasteiger partial charge on any atom is -0.486 e. The van der Waals surface area contributed by atoms with Crippen LogP contribution in [0.2, 0.25) is 0 Å². The van der Waals surface area contributed by atoms with Gasteiger partial charge in [0.15, 0.2) is 17.6 Å². The van der Waals surface area contributed by atoms with Crippen LogP contribution in [0.5, 0.6) is 11.5 Å². The predicted octanol–water partition coefficient (Wildman–Crippen LogP) is 0.882. The van der Waals surface area contributed by atoms with E-state index >= 15 is 0 Å². The summed E-state index contributed by atoms with van der Waals surface area (Å²) in [7, 11) is -4.08. The number of esters is 1. The first kappa shape index (κ1) is 18.7. The van der Waals surface area contributed by atoms with Gasteiger partial charge in [-0.05, 0) is 31.2 Å². The number of nitrogens with two attached hydrogens (primary N) is 1.